The Labute approximate surface area is 291 Å². The van der Waals surface area contributed by atoms with Crippen molar-refractivity contribution in [1.82, 2.24) is 0 Å². The van der Waals surface area contributed by atoms with E-state index in [2.05, 4.69) is 0 Å². The van der Waals surface area contributed by atoms with E-state index in [0.717, 1.165) is 29.8 Å². The van der Waals surface area contributed by atoms with Crippen LogP contribution < -0.4 is 5.43 Å². The summed E-state index contributed by atoms with van der Waals surface area (Å²) in [7, 11) is 0. The van der Waals surface area contributed by atoms with Gasteiger partial charge >= 0.3 is 0 Å². The summed E-state index contributed by atoms with van der Waals surface area (Å²) < 4.78 is 6.46. The molecule has 0 radical (unpaired) electrons. The van der Waals surface area contributed by atoms with E-state index in [1.807, 2.05) is 13.8 Å². The third-order valence-electron chi connectivity index (χ3n) is 9.31. The molecule has 1 aromatic heterocycles. The average molecular weight is 693 g/mol. The molecule has 1 aliphatic rings. The van der Waals surface area contributed by atoms with E-state index in [0.29, 0.717) is 5.57 Å². The van der Waals surface area contributed by atoms with Gasteiger partial charge in [0.2, 0.25) is 5.43 Å². The summed E-state index contributed by atoms with van der Waals surface area (Å²) in [6.07, 6.45) is 3.70. The van der Waals surface area contributed by atoms with Gasteiger partial charge in [0.1, 0.15) is 62.7 Å². The molecule has 0 saturated carbocycles. The van der Waals surface area contributed by atoms with Crippen LogP contribution in [0.2, 0.25) is 0 Å². The number of hydrogen-bond acceptors (Lipinski definition) is 11. The van der Waals surface area contributed by atoms with Crippen molar-refractivity contribution < 1.29 is 50.1 Å². The molecule has 0 unspecified atom stereocenters. The van der Waals surface area contributed by atoms with Crippen molar-refractivity contribution in [2.45, 2.75) is 45.4 Å². The number of benzene rings is 4. The molecule has 1 aliphatic carbocycles. The van der Waals surface area contributed by atoms with Gasteiger partial charge in [0, 0.05) is 53.1 Å². The number of ketones is 1. The van der Waals surface area contributed by atoms with Crippen LogP contribution >= 0.6 is 0 Å². The lowest BCUT2D eigenvalue weighted by atomic mass is 9.65. The van der Waals surface area contributed by atoms with Crippen LogP contribution in [0.3, 0.4) is 0 Å². The topological polar surface area (TPSA) is 209 Å². The average Bonchev–Trinajstić information content (AvgIpc) is 3.04. The number of rotatable bonds is 7. The summed E-state index contributed by atoms with van der Waals surface area (Å²) >= 11 is 0. The van der Waals surface area contributed by atoms with Gasteiger partial charge in [-0.25, -0.2) is 0 Å². The van der Waals surface area contributed by atoms with Crippen molar-refractivity contribution in [3.05, 3.63) is 116 Å². The zero-order chi connectivity index (χ0) is 36.9. The molecule has 8 N–H and O–H groups in total. The van der Waals surface area contributed by atoms with Gasteiger partial charge in [-0.15, -0.1) is 0 Å². The molecule has 262 valence electrons. The summed E-state index contributed by atoms with van der Waals surface area (Å²) in [6.45, 7) is 5.42. The number of allylic oxidation sites excluding steroid dienone is 4. The highest BCUT2D eigenvalue weighted by Gasteiger charge is 2.43. The molecule has 0 spiro atoms. The molecule has 3 atom stereocenters. The van der Waals surface area contributed by atoms with Gasteiger partial charge in [0.05, 0.1) is 11.1 Å². The first-order valence-electron chi connectivity index (χ1n) is 16.1. The summed E-state index contributed by atoms with van der Waals surface area (Å²) in [5.74, 6) is -6.77. The third-order valence-corrected chi connectivity index (χ3v) is 9.31. The van der Waals surface area contributed by atoms with Gasteiger partial charge in [-0.1, -0.05) is 29.4 Å². The molecule has 0 bridgehead atoms. The minimum Gasteiger partial charge on any atom is -0.508 e. The normalized spacial score (nSPS) is 17.2. The van der Waals surface area contributed by atoms with E-state index >= 15 is 0 Å². The number of carbonyl (C=O) groups is 1. The van der Waals surface area contributed by atoms with Crippen LogP contribution in [0, 0.1) is 5.92 Å². The first-order valence-corrected chi connectivity index (χ1v) is 16.1. The maximum absolute atomic E-state index is 14.4. The van der Waals surface area contributed by atoms with E-state index in [1.54, 1.807) is 19.1 Å². The molecule has 11 nitrogen and oxygen atoms in total. The number of hydrogen-bond donors (Lipinski definition) is 8. The van der Waals surface area contributed by atoms with Crippen LogP contribution in [0.25, 0.3) is 22.3 Å². The molecule has 0 amide bonds. The Morgan fingerprint density at radius 3 is 2.04 bits per heavy atom. The fourth-order valence-electron chi connectivity index (χ4n) is 7.01. The highest BCUT2D eigenvalue weighted by atomic mass is 16.3. The fraction of sp³-hybridized carbons (Fsp3) is 0.200. The van der Waals surface area contributed by atoms with Gasteiger partial charge in [-0.2, -0.15) is 0 Å². The van der Waals surface area contributed by atoms with E-state index in [4.69, 9.17) is 4.42 Å². The number of fused-ring (bicyclic) bond motifs is 1. The van der Waals surface area contributed by atoms with Gasteiger partial charge in [0.15, 0.2) is 5.78 Å². The van der Waals surface area contributed by atoms with E-state index in [-0.39, 0.29) is 80.4 Å². The maximum Gasteiger partial charge on any atom is 0.200 e. The molecule has 0 saturated heterocycles. The molecule has 4 aromatic carbocycles. The number of Topliss-reactive ketones (excluding diaryl/α,β-unsaturated/α-hetero) is 1. The predicted molar refractivity (Wildman–Crippen MR) is 189 cm³/mol. The van der Waals surface area contributed by atoms with Crippen LogP contribution in [0.5, 0.6) is 46.0 Å². The molecule has 1 heterocycles. The highest BCUT2D eigenvalue weighted by Crippen LogP contribution is 2.54. The Kier molecular flexibility index (Phi) is 8.90. The van der Waals surface area contributed by atoms with E-state index in [9.17, 15) is 50.4 Å². The van der Waals surface area contributed by atoms with Crippen LogP contribution in [-0.4, -0.2) is 46.6 Å². The lowest BCUT2D eigenvalue weighted by Crippen LogP contribution is -2.30. The minimum absolute atomic E-state index is 0.0163. The van der Waals surface area contributed by atoms with Crippen molar-refractivity contribution in [1.29, 1.82) is 0 Å². The van der Waals surface area contributed by atoms with Crippen molar-refractivity contribution in [2.24, 2.45) is 5.92 Å². The zero-order valence-electron chi connectivity index (χ0n) is 27.9. The summed E-state index contributed by atoms with van der Waals surface area (Å²) in [4.78, 5) is 28.7. The minimum atomic E-state index is -1.03. The van der Waals surface area contributed by atoms with E-state index < -0.39 is 52.0 Å². The molecule has 6 rings (SSSR count). The first-order chi connectivity index (χ1) is 24.2. The summed E-state index contributed by atoms with van der Waals surface area (Å²) in [6, 6.07) is 12.2. The SMILES string of the molecule is CC(C)=CCc1c(-c2ccc(O)cc2O)oc2c([C@H]3C=C(C)C[C@H](C(=O)c4ccc(O)cc4O)[C@@H]3c3ccc(O)cc3O)c(O)cc(O)c2c1=O. The Morgan fingerprint density at radius 2 is 1.41 bits per heavy atom. The Balaban J connectivity index is 1.69. The second-order valence-electron chi connectivity index (χ2n) is 13.1. The monoisotopic (exact) mass is 692 g/mol. The van der Waals surface area contributed by atoms with Crippen molar-refractivity contribution in [3.63, 3.8) is 0 Å². The standard InChI is InChI=1S/C40H36O11/c1-18(2)4-8-26-38(50)36-33(48)17-32(47)35(40(36)51-39(26)25-11-7-22(43)16-31(25)46)27-12-19(3)13-28(34(27)23-9-5-20(41)14-29(23)44)37(49)24-10-6-21(42)15-30(24)45/h4-7,9-12,14-17,27-28,34,41-48H,8,13H2,1-3H3/t27-,28-,34+/m0/s1. The molecule has 0 fully saturated rings. The maximum atomic E-state index is 14.4. The van der Waals surface area contributed by atoms with Crippen molar-refractivity contribution in [3.8, 4) is 57.3 Å². The quantitative estimate of drug-likeness (QED) is 0.0625. The second-order valence-corrected chi connectivity index (χ2v) is 13.1. The van der Waals surface area contributed by atoms with Crippen LogP contribution in [0.15, 0.2) is 93.2 Å². The number of phenolic OH excluding ortho intramolecular Hbond substituents is 8. The van der Waals surface area contributed by atoms with Crippen LogP contribution in [-0.2, 0) is 6.42 Å². The van der Waals surface area contributed by atoms with Gasteiger partial charge in [-0.05, 0) is 69.5 Å². The number of phenols is 8. The van der Waals surface area contributed by atoms with Gasteiger partial charge < -0.3 is 45.3 Å². The number of aromatic hydroxyl groups is 8. The molecule has 0 aliphatic heterocycles. The highest BCUT2D eigenvalue weighted by molar-refractivity contribution is 6.01. The van der Waals surface area contributed by atoms with Crippen molar-refractivity contribution in [2.75, 3.05) is 0 Å². The molecular weight excluding hydrogens is 656 g/mol. The Hall–Kier alpha value is -6.36. The number of carbonyl (C=O) groups excluding carboxylic acids is 1. The van der Waals surface area contributed by atoms with E-state index in [1.165, 1.54) is 36.4 Å². The molecule has 11 heteroatoms. The van der Waals surface area contributed by atoms with Crippen molar-refractivity contribution >= 4 is 16.8 Å². The molecule has 5 aromatic rings. The van der Waals surface area contributed by atoms with Gasteiger partial charge in [-0.3, -0.25) is 9.59 Å². The molecule has 51 heavy (non-hydrogen) atoms. The second kappa shape index (κ2) is 13.2. The lowest BCUT2D eigenvalue weighted by Gasteiger charge is -2.37. The largest absolute Gasteiger partial charge is 0.508 e. The Morgan fingerprint density at radius 1 is 0.784 bits per heavy atom. The zero-order valence-corrected chi connectivity index (χ0v) is 27.9. The van der Waals surface area contributed by atoms with Crippen LogP contribution in [0.1, 0.15) is 66.1 Å². The predicted octanol–water partition coefficient (Wildman–Crippen LogP) is 7.33. The molecular formula is C40H36O11. The lowest BCUT2D eigenvalue weighted by molar-refractivity contribution is 0.0884. The summed E-state index contributed by atoms with van der Waals surface area (Å²) in [5, 5.41) is 85.3. The third kappa shape index (κ3) is 6.29. The summed E-state index contributed by atoms with van der Waals surface area (Å²) in [5.41, 5.74) is 0.847. The van der Waals surface area contributed by atoms with Crippen LogP contribution in [0.4, 0.5) is 0 Å². The smallest absolute Gasteiger partial charge is 0.200 e. The fourth-order valence-corrected chi connectivity index (χ4v) is 7.01. The first kappa shape index (κ1) is 34.5. The Bertz CT molecular complexity index is 2340. The van der Waals surface area contributed by atoms with Gasteiger partial charge in [0.25, 0.3) is 0 Å².